The van der Waals surface area contributed by atoms with E-state index in [-0.39, 0.29) is 10.6 Å². The molecule has 0 aliphatic carbocycles. The molecule has 2 aliphatic rings. The summed E-state index contributed by atoms with van der Waals surface area (Å²) in [7, 11) is 5.12. The molecular weight excluding hydrogens is 473 g/mol. The van der Waals surface area contributed by atoms with Gasteiger partial charge in [-0.2, -0.15) is 0 Å². The molecule has 0 spiro atoms. The lowest BCUT2D eigenvalue weighted by molar-refractivity contribution is 0.0478. The number of carbonyl (C=O) groups excluding carboxylic acids is 1. The average Bonchev–Trinajstić information content (AvgIpc) is 3.35. The Morgan fingerprint density at radius 3 is 2.71 bits per heavy atom. The second-order valence-electron chi connectivity index (χ2n) is 8.80. The Kier molecular flexibility index (Phi) is 5.83. The number of anilines is 1. The Morgan fingerprint density at radius 1 is 1.17 bits per heavy atom. The second kappa shape index (κ2) is 8.71. The SMILES string of the molecule is COc1ccc(CNc2cc3c(c4c2C(O)(c2cc(F)ccc2Cl)NC4=O)CN(C)C3)c(OC)c1. The maximum absolute atomic E-state index is 14.2. The fourth-order valence-corrected chi connectivity index (χ4v) is 5.19. The van der Waals surface area contributed by atoms with E-state index >= 15 is 0 Å². The van der Waals surface area contributed by atoms with Gasteiger partial charge in [0.2, 0.25) is 0 Å². The van der Waals surface area contributed by atoms with Crippen LogP contribution in [0.4, 0.5) is 10.1 Å². The third kappa shape index (κ3) is 3.87. The molecule has 5 rings (SSSR count). The second-order valence-corrected chi connectivity index (χ2v) is 9.21. The van der Waals surface area contributed by atoms with Crippen molar-refractivity contribution in [2.24, 2.45) is 0 Å². The highest BCUT2D eigenvalue weighted by atomic mass is 35.5. The Labute approximate surface area is 207 Å². The highest BCUT2D eigenvalue weighted by Crippen LogP contribution is 2.46. The maximum Gasteiger partial charge on any atom is 0.254 e. The summed E-state index contributed by atoms with van der Waals surface area (Å²) in [5.41, 5.74) is 2.01. The van der Waals surface area contributed by atoms with Gasteiger partial charge in [-0.3, -0.25) is 9.69 Å². The van der Waals surface area contributed by atoms with Crippen molar-refractivity contribution in [1.82, 2.24) is 10.2 Å². The number of fused-ring (bicyclic) bond motifs is 3. The van der Waals surface area contributed by atoms with E-state index in [1.807, 2.05) is 25.2 Å². The van der Waals surface area contributed by atoms with E-state index in [1.165, 1.54) is 12.1 Å². The number of methoxy groups -OCH3 is 2. The standard InChI is InChI=1S/C26H25ClFN3O4/c1-31-12-15-8-21(29-11-14-4-6-17(34-2)10-22(14)35-3)24-23(18(15)13-31)25(32)30-26(24,33)19-9-16(28)5-7-20(19)27/h4-10,29,33H,11-13H2,1-3H3,(H,30,32). The van der Waals surface area contributed by atoms with Crippen LogP contribution in [0.5, 0.6) is 11.5 Å². The predicted molar refractivity (Wildman–Crippen MR) is 130 cm³/mol. The molecule has 7 nitrogen and oxygen atoms in total. The molecule has 35 heavy (non-hydrogen) atoms. The van der Waals surface area contributed by atoms with E-state index in [0.717, 1.165) is 22.8 Å². The number of halogens is 2. The van der Waals surface area contributed by atoms with Gasteiger partial charge in [0.25, 0.3) is 5.91 Å². The van der Waals surface area contributed by atoms with Crippen LogP contribution in [0, 0.1) is 5.82 Å². The lowest BCUT2D eigenvalue weighted by atomic mass is 9.88. The topological polar surface area (TPSA) is 83.1 Å². The molecule has 1 atom stereocenters. The number of rotatable bonds is 6. The molecular formula is C26H25ClFN3O4. The molecule has 0 bridgehead atoms. The smallest absolute Gasteiger partial charge is 0.254 e. The van der Waals surface area contributed by atoms with Crippen molar-refractivity contribution >= 4 is 23.2 Å². The Morgan fingerprint density at radius 2 is 1.97 bits per heavy atom. The van der Waals surface area contributed by atoms with Gasteiger partial charge in [0.1, 0.15) is 17.3 Å². The van der Waals surface area contributed by atoms with Gasteiger partial charge in [0, 0.05) is 53.1 Å². The van der Waals surface area contributed by atoms with Crippen molar-refractivity contribution in [1.29, 1.82) is 0 Å². The van der Waals surface area contributed by atoms with E-state index in [9.17, 15) is 14.3 Å². The minimum Gasteiger partial charge on any atom is -0.497 e. The molecule has 1 unspecified atom stereocenters. The van der Waals surface area contributed by atoms with E-state index in [1.54, 1.807) is 20.3 Å². The summed E-state index contributed by atoms with van der Waals surface area (Å²) in [6.07, 6.45) is 0. The Balaban J connectivity index is 1.64. The van der Waals surface area contributed by atoms with Crippen molar-refractivity contribution in [3.63, 3.8) is 0 Å². The minimum absolute atomic E-state index is 0.0719. The highest BCUT2D eigenvalue weighted by molar-refractivity contribution is 6.31. The summed E-state index contributed by atoms with van der Waals surface area (Å²) in [6.45, 7) is 1.57. The first kappa shape index (κ1) is 23.4. The van der Waals surface area contributed by atoms with Crippen molar-refractivity contribution in [2.75, 3.05) is 26.6 Å². The third-order valence-electron chi connectivity index (χ3n) is 6.56. The van der Waals surface area contributed by atoms with Gasteiger partial charge >= 0.3 is 0 Å². The molecule has 182 valence electrons. The molecule has 2 heterocycles. The fraction of sp³-hybridized carbons (Fsp3) is 0.269. The molecule has 0 fully saturated rings. The molecule has 3 N–H and O–H groups in total. The minimum atomic E-state index is -2.01. The van der Waals surface area contributed by atoms with E-state index in [2.05, 4.69) is 15.5 Å². The molecule has 0 saturated heterocycles. The summed E-state index contributed by atoms with van der Waals surface area (Å²) in [5, 5.41) is 18.0. The van der Waals surface area contributed by atoms with Gasteiger partial charge in [0.15, 0.2) is 5.72 Å². The number of nitrogens with one attached hydrogen (secondary N) is 2. The summed E-state index contributed by atoms with van der Waals surface area (Å²) in [4.78, 5) is 15.3. The zero-order chi connectivity index (χ0) is 24.9. The average molecular weight is 498 g/mol. The van der Waals surface area contributed by atoms with Crippen LogP contribution in [-0.4, -0.2) is 37.2 Å². The molecule has 0 radical (unpaired) electrons. The van der Waals surface area contributed by atoms with Gasteiger partial charge < -0.3 is 25.2 Å². The highest BCUT2D eigenvalue weighted by Gasteiger charge is 2.48. The summed E-state index contributed by atoms with van der Waals surface area (Å²) < 4.78 is 25.0. The molecule has 0 saturated carbocycles. The first-order valence-electron chi connectivity index (χ1n) is 11.1. The first-order chi connectivity index (χ1) is 16.7. The summed E-state index contributed by atoms with van der Waals surface area (Å²) in [6, 6.07) is 11.2. The zero-order valence-corrected chi connectivity index (χ0v) is 20.3. The van der Waals surface area contributed by atoms with Crippen LogP contribution in [0.15, 0.2) is 42.5 Å². The number of ether oxygens (including phenoxy) is 2. The van der Waals surface area contributed by atoms with E-state index < -0.39 is 17.4 Å². The number of benzene rings is 3. The molecule has 9 heteroatoms. The van der Waals surface area contributed by atoms with Crippen molar-refractivity contribution in [3.8, 4) is 11.5 Å². The van der Waals surface area contributed by atoms with Crippen LogP contribution >= 0.6 is 11.6 Å². The number of hydrogen-bond donors (Lipinski definition) is 3. The normalized spacial score (nSPS) is 18.7. The van der Waals surface area contributed by atoms with E-state index in [4.69, 9.17) is 21.1 Å². The first-order valence-corrected chi connectivity index (χ1v) is 11.5. The molecule has 1 amide bonds. The number of carbonyl (C=O) groups is 1. The Hall–Kier alpha value is -3.33. The van der Waals surface area contributed by atoms with Crippen LogP contribution in [0.25, 0.3) is 0 Å². The number of aliphatic hydroxyl groups is 1. The lowest BCUT2D eigenvalue weighted by Gasteiger charge is -2.28. The number of amides is 1. The van der Waals surface area contributed by atoms with Crippen LogP contribution in [0.1, 0.15) is 38.2 Å². The molecule has 0 aromatic heterocycles. The number of nitrogens with zero attached hydrogens (tertiary/aromatic N) is 1. The van der Waals surface area contributed by atoms with Gasteiger partial charge in [-0.15, -0.1) is 0 Å². The lowest BCUT2D eigenvalue weighted by Crippen LogP contribution is -2.41. The predicted octanol–water partition coefficient (Wildman–Crippen LogP) is 3.99. The van der Waals surface area contributed by atoms with Crippen molar-refractivity contribution < 1.29 is 23.8 Å². The monoisotopic (exact) mass is 497 g/mol. The van der Waals surface area contributed by atoms with Gasteiger partial charge in [0.05, 0.1) is 19.8 Å². The zero-order valence-electron chi connectivity index (χ0n) is 19.5. The van der Waals surface area contributed by atoms with E-state index in [0.29, 0.717) is 47.9 Å². The van der Waals surface area contributed by atoms with Crippen LogP contribution in [0.3, 0.4) is 0 Å². The molecule has 3 aromatic rings. The summed E-state index contributed by atoms with van der Waals surface area (Å²) in [5.74, 6) is 0.294. The van der Waals surface area contributed by atoms with Crippen molar-refractivity contribution in [3.05, 3.63) is 86.7 Å². The number of hydrogen-bond acceptors (Lipinski definition) is 6. The Bertz CT molecular complexity index is 1350. The fourth-order valence-electron chi connectivity index (χ4n) is 4.94. The maximum atomic E-state index is 14.2. The van der Waals surface area contributed by atoms with Crippen LogP contribution in [-0.2, 0) is 25.4 Å². The molecule has 3 aromatic carbocycles. The van der Waals surface area contributed by atoms with Gasteiger partial charge in [-0.25, -0.2) is 4.39 Å². The van der Waals surface area contributed by atoms with Gasteiger partial charge in [-0.05, 0) is 54.6 Å². The molecule has 2 aliphatic heterocycles. The third-order valence-corrected chi connectivity index (χ3v) is 6.89. The van der Waals surface area contributed by atoms with Gasteiger partial charge in [-0.1, -0.05) is 11.6 Å². The quantitative estimate of drug-likeness (QED) is 0.477. The largest absolute Gasteiger partial charge is 0.497 e. The van der Waals surface area contributed by atoms with Crippen molar-refractivity contribution in [2.45, 2.75) is 25.4 Å². The summed E-state index contributed by atoms with van der Waals surface area (Å²) >= 11 is 6.38. The van der Waals surface area contributed by atoms with Crippen LogP contribution in [0.2, 0.25) is 5.02 Å². The van der Waals surface area contributed by atoms with Crippen LogP contribution < -0.4 is 20.1 Å².